The normalized spacial score (nSPS) is 17.4. The molecule has 0 N–H and O–H groups in total. The predicted molar refractivity (Wildman–Crippen MR) is 66.6 cm³/mol. The third-order valence-corrected chi connectivity index (χ3v) is 3.33. The second-order valence-electron chi connectivity index (χ2n) is 4.95. The lowest BCUT2D eigenvalue weighted by Crippen LogP contribution is -2.27. The Balaban J connectivity index is 1.70. The van der Waals surface area contributed by atoms with E-state index in [9.17, 15) is 4.79 Å². The van der Waals surface area contributed by atoms with Crippen molar-refractivity contribution in [2.45, 2.75) is 19.4 Å². The van der Waals surface area contributed by atoms with Crippen molar-refractivity contribution in [3.8, 4) is 11.5 Å². The molecule has 1 aliphatic heterocycles. The summed E-state index contributed by atoms with van der Waals surface area (Å²) in [5.74, 6) is 2.10. The van der Waals surface area contributed by atoms with Gasteiger partial charge in [-0.2, -0.15) is 0 Å². The summed E-state index contributed by atoms with van der Waals surface area (Å²) >= 11 is 0. The molecule has 0 atom stereocenters. The molecule has 0 unspecified atom stereocenters. The molecule has 0 spiro atoms. The lowest BCUT2D eigenvalue weighted by Gasteiger charge is -2.21. The number of rotatable bonds is 3. The molecule has 0 aromatic heterocycles. The van der Waals surface area contributed by atoms with E-state index in [-0.39, 0.29) is 11.8 Å². The number of hydrogen-bond donors (Lipinski definition) is 0. The minimum Gasteiger partial charge on any atom is -0.486 e. The molecule has 96 valence electrons. The SMILES string of the molecule is CN(Cc1ccc2c(c1)OCCO2)C(=O)C1CC1. The van der Waals surface area contributed by atoms with Crippen molar-refractivity contribution in [2.24, 2.45) is 5.92 Å². The second kappa shape index (κ2) is 4.52. The summed E-state index contributed by atoms with van der Waals surface area (Å²) in [6.45, 7) is 1.83. The molecular weight excluding hydrogens is 230 g/mol. The standard InChI is InChI=1S/C14H17NO3/c1-15(14(16)11-3-4-11)9-10-2-5-12-13(8-10)18-7-6-17-12/h2,5,8,11H,3-4,6-7,9H2,1H3. The second-order valence-corrected chi connectivity index (χ2v) is 4.95. The zero-order valence-corrected chi connectivity index (χ0v) is 10.5. The van der Waals surface area contributed by atoms with Crippen molar-refractivity contribution in [3.63, 3.8) is 0 Å². The van der Waals surface area contributed by atoms with E-state index in [0.717, 1.165) is 29.9 Å². The van der Waals surface area contributed by atoms with Crippen molar-refractivity contribution in [1.29, 1.82) is 0 Å². The van der Waals surface area contributed by atoms with Crippen molar-refractivity contribution in [3.05, 3.63) is 23.8 Å². The van der Waals surface area contributed by atoms with Crippen molar-refractivity contribution in [1.82, 2.24) is 4.90 Å². The number of hydrogen-bond acceptors (Lipinski definition) is 3. The average Bonchev–Trinajstić information content (AvgIpc) is 3.22. The monoisotopic (exact) mass is 247 g/mol. The van der Waals surface area contributed by atoms with Crippen LogP contribution in [0.2, 0.25) is 0 Å². The number of nitrogens with zero attached hydrogens (tertiary/aromatic N) is 1. The van der Waals surface area contributed by atoms with Gasteiger partial charge in [0.25, 0.3) is 0 Å². The van der Waals surface area contributed by atoms with Crippen molar-refractivity contribution in [2.75, 3.05) is 20.3 Å². The summed E-state index contributed by atoms with van der Waals surface area (Å²) in [6, 6.07) is 5.87. The minimum atomic E-state index is 0.255. The maximum atomic E-state index is 11.9. The molecule has 4 heteroatoms. The van der Waals surface area contributed by atoms with Crippen LogP contribution in [-0.4, -0.2) is 31.1 Å². The number of amides is 1. The summed E-state index contributed by atoms with van der Waals surface area (Å²) in [6.07, 6.45) is 2.09. The van der Waals surface area contributed by atoms with Crippen molar-refractivity contribution < 1.29 is 14.3 Å². The van der Waals surface area contributed by atoms with Gasteiger partial charge in [-0.1, -0.05) is 6.07 Å². The first-order chi connectivity index (χ1) is 8.74. The Kier molecular flexibility index (Phi) is 2.86. The molecule has 1 aliphatic carbocycles. The summed E-state index contributed by atoms with van der Waals surface area (Å²) in [5.41, 5.74) is 1.08. The number of fused-ring (bicyclic) bond motifs is 1. The molecule has 0 saturated heterocycles. The Hall–Kier alpha value is -1.71. The highest BCUT2D eigenvalue weighted by atomic mass is 16.6. The summed E-state index contributed by atoms with van der Waals surface area (Å²) in [4.78, 5) is 13.7. The smallest absolute Gasteiger partial charge is 0.225 e. The summed E-state index contributed by atoms with van der Waals surface area (Å²) in [7, 11) is 1.86. The molecule has 0 bridgehead atoms. The number of carbonyl (C=O) groups is 1. The first-order valence-electron chi connectivity index (χ1n) is 6.37. The summed E-state index contributed by atoms with van der Waals surface area (Å²) < 4.78 is 11.0. The van der Waals surface area contributed by atoms with E-state index >= 15 is 0 Å². The molecule has 4 nitrogen and oxygen atoms in total. The molecule has 1 saturated carbocycles. The Bertz CT molecular complexity index is 468. The molecule has 1 heterocycles. The van der Waals surface area contributed by atoms with Gasteiger partial charge in [-0.25, -0.2) is 0 Å². The van der Waals surface area contributed by atoms with Gasteiger partial charge in [-0.05, 0) is 30.5 Å². The van der Waals surface area contributed by atoms with E-state index in [0.29, 0.717) is 19.8 Å². The first kappa shape index (κ1) is 11.4. The molecular formula is C14H17NO3. The van der Waals surface area contributed by atoms with Crippen LogP contribution in [0.3, 0.4) is 0 Å². The van der Waals surface area contributed by atoms with Gasteiger partial charge in [0, 0.05) is 19.5 Å². The molecule has 1 aromatic rings. The van der Waals surface area contributed by atoms with E-state index in [1.807, 2.05) is 25.2 Å². The maximum absolute atomic E-state index is 11.9. The van der Waals surface area contributed by atoms with Gasteiger partial charge in [0.2, 0.25) is 5.91 Å². The van der Waals surface area contributed by atoms with Crippen molar-refractivity contribution >= 4 is 5.91 Å². The Morgan fingerprint density at radius 2 is 2.00 bits per heavy atom. The van der Waals surface area contributed by atoms with Crippen LogP contribution in [0.4, 0.5) is 0 Å². The van der Waals surface area contributed by atoms with Crippen LogP contribution >= 0.6 is 0 Å². The number of carbonyl (C=O) groups excluding carboxylic acids is 1. The van der Waals surface area contributed by atoms with Gasteiger partial charge in [-0.15, -0.1) is 0 Å². The Labute approximate surface area is 106 Å². The van der Waals surface area contributed by atoms with Crippen LogP contribution < -0.4 is 9.47 Å². The highest BCUT2D eigenvalue weighted by Gasteiger charge is 2.31. The van der Waals surface area contributed by atoms with Crippen LogP contribution in [0.15, 0.2) is 18.2 Å². The van der Waals surface area contributed by atoms with E-state index < -0.39 is 0 Å². The first-order valence-corrected chi connectivity index (χ1v) is 6.37. The molecule has 1 amide bonds. The van der Waals surface area contributed by atoms with Crippen LogP contribution in [0.25, 0.3) is 0 Å². The van der Waals surface area contributed by atoms with Gasteiger partial charge >= 0.3 is 0 Å². The topological polar surface area (TPSA) is 38.8 Å². The van der Waals surface area contributed by atoms with E-state index in [1.54, 1.807) is 4.90 Å². The molecule has 0 radical (unpaired) electrons. The molecule has 1 aromatic carbocycles. The lowest BCUT2D eigenvalue weighted by atomic mass is 10.1. The fourth-order valence-corrected chi connectivity index (χ4v) is 2.18. The molecule has 1 fully saturated rings. The zero-order valence-electron chi connectivity index (χ0n) is 10.5. The van der Waals surface area contributed by atoms with E-state index in [1.165, 1.54) is 0 Å². The Morgan fingerprint density at radius 1 is 1.28 bits per heavy atom. The minimum absolute atomic E-state index is 0.255. The van der Waals surface area contributed by atoms with Gasteiger partial charge in [0.1, 0.15) is 13.2 Å². The van der Waals surface area contributed by atoms with Gasteiger partial charge in [0.15, 0.2) is 11.5 Å². The van der Waals surface area contributed by atoms with Crippen LogP contribution in [0.5, 0.6) is 11.5 Å². The highest BCUT2D eigenvalue weighted by Crippen LogP contribution is 2.33. The average molecular weight is 247 g/mol. The van der Waals surface area contributed by atoms with Crippen LogP contribution in [0, 0.1) is 5.92 Å². The van der Waals surface area contributed by atoms with Gasteiger partial charge in [-0.3, -0.25) is 4.79 Å². The third kappa shape index (κ3) is 2.28. The fourth-order valence-electron chi connectivity index (χ4n) is 2.18. The van der Waals surface area contributed by atoms with Crippen LogP contribution in [0.1, 0.15) is 18.4 Å². The van der Waals surface area contributed by atoms with Gasteiger partial charge < -0.3 is 14.4 Å². The Morgan fingerprint density at radius 3 is 2.72 bits per heavy atom. The largest absolute Gasteiger partial charge is 0.486 e. The quantitative estimate of drug-likeness (QED) is 0.818. The van der Waals surface area contributed by atoms with E-state index in [2.05, 4.69) is 0 Å². The molecule has 3 rings (SSSR count). The lowest BCUT2D eigenvalue weighted by molar-refractivity contribution is -0.131. The predicted octanol–water partition coefficient (Wildman–Crippen LogP) is 1.83. The number of benzene rings is 1. The third-order valence-electron chi connectivity index (χ3n) is 3.33. The maximum Gasteiger partial charge on any atom is 0.225 e. The summed E-state index contributed by atoms with van der Waals surface area (Å²) in [5, 5.41) is 0. The van der Waals surface area contributed by atoms with Crippen LogP contribution in [-0.2, 0) is 11.3 Å². The number of ether oxygens (including phenoxy) is 2. The zero-order chi connectivity index (χ0) is 12.5. The highest BCUT2D eigenvalue weighted by molar-refractivity contribution is 5.80. The fraction of sp³-hybridized carbons (Fsp3) is 0.500. The van der Waals surface area contributed by atoms with Gasteiger partial charge in [0.05, 0.1) is 0 Å². The van der Waals surface area contributed by atoms with E-state index in [4.69, 9.17) is 9.47 Å². The molecule has 2 aliphatic rings. The molecule has 18 heavy (non-hydrogen) atoms.